The number of benzene rings is 1. The number of hydrogen-bond acceptors (Lipinski definition) is 5. The van der Waals surface area contributed by atoms with Crippen LogP contribution in [0.3, 0.4) is 0 Å². The minimum atomic E-state index is 0.0472. The molecule has 0 saturated carbocycles. The molecule has 0 atom stereocenters. The second-order valence-electron chi connectivity index (χ2n) is 6.85. The SMILES string of the molecule is Cc1ccccc1N1CCN(CC(=O)N(CCC#N)Cc2ccco2)CC1. The van der Waals surface area contributed by atoms with Crippen LogP contribution in [0.25, 0.3) is 0 Å². The lowest BCUT2D eigenvalue weighted by atomic mass is 10.1. The average Bonchev–Trinajstić information content (AvgIpc) is 3.19. The van der Waals surface area contributed by atoms with Gasteiger partial charge in [0.2, 0.25) is 5.91 Å². The summed E-state index contributed by atoms with van der Waals surface area (Å²) in [5, 5.41) is 8.88. The Labute approximate surface area is 160 Å². The molecule has 1 aliphatic rings. The Morgan fingerprint density at radius 2 is 1.96 bits per heavy atom. The van der Waals surface area contributed by atoms with E-state index < -0.39 is 0 Å². The molecule has 1 aliphatic heterocycles. The number of nitrogens with zero attached hydrogens (tertiary/aromatic N) is 4. The summed E-state index contributed by atoms with van der Waals surface area (Å²) >= 11 is 0. The maximum atomic E-state index is 12.8. The summed E-state index contributed by atoms with van der Waals surface area (Å²) in [7, 11) is 0. The molecule has 1 amide bonds. The molecule has 0 bridgehead atoms. The van der Waals surface area contributed by atoms with E-state index in [1.54, 1.807) is 11.2 Å². The van der Waals surface area contributed by atoms with Crippen LogP contribution in [0.2, 0.25) is 0 Å². The first-order valence-corrected chi connectivity index (χ1v) is 9.37. The van der Waals surface area contributed by atoms with Gasteiger partial charge < -0.3 is 14.2 Å². The number of piperazine rings is 1. The molecule has 1 aromatic heterocycles. The molecule has 1 aromatic carbocycles. The molecular formula is C21H26N4O2. The van der Waals surface area contributed by atoms with Gasteiger partial charge in [-0.1, -0.05) is 18.2 Å². The van der Waals surface area contributed by atoms with Gasteiger partial charge in [-0.15, -0.1) is 0 Å². The number of carbonyl (C=O) groups is 1. The predicted molar refractivity (Wildman–Crippen MR) is 104 cm³/mol. The van der Waals surface area contributed by atoms with Gasteiger partial charge in [0.1, 0.15) is 5.76 Å². The third-order valence-corrected chi connectivity index (χ3v) is 4.96. The third kappa shape index (κ3) is 5.11. The zero-order chi connectivity index (χ0) is 19.1. The van der Waals surface area contributed by atoms with Gasteiger partial charge >= 0.3 is 0 Å². The number of aryl methyl sites for hydroxylation is 1. The first-order chi connectivity index (χ1) is 13.2. The molecule has 6 nitrogen and oxygen atoms in total. The second kappa shape index (κ2) is 9.24. The smallest absolute Gasteiger partial charge is 0.237 e. The van der Waals surface area contributed by atoms with E-state index in [2.05, 4.69) is 47.1 Å². The molecule has 0 radical (unpaired) electrons. The van der Waals surface area contributed by atoms with Crippen molar-refractivity contribution < 1.29 is 9.21 Å². The molecule has 0 N–H and O–H groups in total. The van der Waals surface area contributed by atoms with E-state index in [4.69, 9.17) is 9.68 Å². The molecule has 3 rings (SSSR count). The normalized spacial score (nSPS) is 14.7. The van der Waals surface area contributed by atoms with Crippen molar-refractivity contribution in [2.75, 3.05) is 44.2 Å². The van der Waals surface area contributed by atoms with Gasteiger partial charge in [-0.3, -0.25) is 9.69 Å². The fourth-order valence-corrected chi connectivity index (χ4v) is 3.42. The molecule has 0 spiro atoms. The number of nitriles is 1. The first kappa shape index (κ1) is 19.0. The summed E-state index contributed by atoms with van der Waals surface area (Å²) in [5.41, 5.74) is 2.56. The lowest BCUT2D eigenvalue weighted by molar-refractivity contribution is -0.133. The lowest BCUT2D eigenvalue weighted by Crippen LogP contribution is -2.50. The number of amides is 1. The van der Waals surface area contributed by atoms with E-state index >= 15 is 0 Å². The molecular weight excluding hydrogens is 340 g/mol. The Hall–Kier alpha value is -2.78. The van der Waals surface area contributed by atoms with E-state index in [1.807, 2.05) is 12.1 Å². The molecule has 0 unspecified atom stereocenters. The van der Waals surface area contributed by atoms with Gasteiger partial charge in [0.05, 0.1) is 31.8 Å². The molecule has 2 heterocycles. The highest BCUT2D eigenvalue weighted by Gasteiger charge is 2.23. The van der Waals surface area contributed by atoms with Crippen molar-refractivity contribution in [1.29, 1.82) is 5.26 Å². The molecule has 142 valence electrons. The highest BCUT2D eigenvalue weighted by Crippen LogP contribution is 2.20. The summed E-state index contributed by atoms with van der Waals surface area (Å²) < 4.78 is 5.36. The maximum absolute atomic E-state index is 12.8. The number of para-hydroxylation sites is 1. The van der Waals surface area contributed by atoms with Crippen LogP contribution in [0.15, 0.2) is 47.1 Å². The number of hydrogen-bond donors (Lipinski definition) is 0. The molecule has 2 aromatic rings. The fourth-order valence-electron chi connectivity index (χ4n) is 3.42. The Morgan fingerprint density at radius 1 is 1.19 bits per heavy atom. The van der Waals surface area contributed by atoms with Crippen LogP contribution < -0.4 is 4.90 Å². The number of carbonyl (C=O) groups excluding carboxylic acids is 1. The lowest BCUT2D eigenvalue weighted by Gasteiger charge is -2.37. The summed E-state index contributed by atoms with van der Waals surface area (Å²) in [6.45, 7) is 6.89. The molecule has 1 fully saturated rings. The Morgan fingerprint density at radius 3 is 2.63 bits per heavy atom. The monoisotopic (exact) mass is 366 g/mol. The third-order valence-electron chi connectivity index (χ3n) is 4.96. The van der Waals surface area contributed by atoms with Crippen LogP contribution in [0, 0.1) is 18.3 Å². The van der Waals surface area contributed by atoms with Crippen LogP contribution in [-0.4, -0.2) is 55.0 Å². The highest BCUT2D eigenvalue weighted by atomic mass is 16.3. The van der Waals surface area contributed by atoms with E-state index in [9.17, 15) is 4.79 Å². The van der Waals surface area contributed by atoms with Crippen LogP contribution in [-0.2, 0) is 11.3 Å². The largest absolute Gasteiger partial charge is 0.467 e. The summed E-state index contributed by atoms with van der Waals surface area (Å²) in [6, 6.07) is 14.2. The Bertz CT molecular complexity index is 774. The van der Waals surface area contributed by atoms with Gasteiger partial charge in [-0.25, -0.2) is 0 Å². The molecule has 1 saturated heterocycles. The van der Waals surface area contributed by atoms with Crippen molar-refractivity contribution in [2.24, 2.45) is 0 Å². The number of furan rings is 1. The zero-order valence-electron chi connectivity index (χ0n) is 15.8. The van der Waals surface area contributed by atoms with Crippen LogP contribution >= 0.6 is 0 Å². The minimum absolute atomic E-state index is 0.0472. The van der Waals surface area contributed by atoms with Crippen molar-refractivity contribution in [3.05, 3.63) is 54.0 Å². The maximum Gasteiger partial charge on any atom is 0.237 e. The van der Waals surface area contributed by atoms with Crippen molar-refractivity contribution in [3.63, 3.8) is 0 Å². The quantitative estimate of drug-likeness (QED) is 0.754. The van der Waals surface area contributed by atoms with E-state index in [0.29, 0.717) is 26.1 Å². The van der Waals surface area contributed by atoms with Crippen LogP contribution in [0.1, 0.15) is 17.7 Å². The van der Waals surface area contributed by atoms with Crippen molar-refractivity contribution in [2.45, 2.75) is 19.9 Å². The highest BCUT2D eigenvalue weighted by molar-refractivity contribution is 5.78. The van der Waals surface area contributed by atoms with Crippen molar-refractivity contribution >= 4 is 11.6 Å². The van der Waals surface area contributed by atoms with Gasteiger partial charge in [0, 0.05) is 38.4 Å². The van der Waals surface area contributed by atoms with Crippen molar-refractivity contribution in [1.82, 2.24) is 9.80 Å². The topological polar surface area (TPSA) is 63.7 Å². The van der Waals surface area contributed by atoms with Gasteiger partial charge in [-0.2, -0.15) is 5.26 Å². The first-order valence-electron chi connectivity index (χ1n) is 9.37. The Balaban J connectivity index is 1.54. The summed E-state index contributed by atoms with van der Waals surface area (Å²) in [4.78, 5) is 19.1. The van der Waals surface area contributed by atoms with Crippen LogP contribution in [0.4, 0.5) is 5.69 Å². The standard InChI is InChI=1S/C21H26N4O2/c1-18-6-2-3-8-20(18)24-13-11-23(12-14-24)17-21(26)25(10-5-9-22)16-19-7-4-15-27-19/h2-4,6-8,15H,5,10-14,16-17H2,1H3. The molecule has 6 heteroatoms. The van der Waals surface area contributed by atoms with E-state index in [1.165, 1.54) is 11.3 Å². The van der Waals surface area contributed by atoms with Crippen LogP contribution in [0.5, 0.6) is 0 Å². The Kier molecular flexibility index (Phi) is 6.50. The average molecular weight is 366 g/mol. The van der Waals surface area contributed by atoms with Gasteiger partial charge in [0.25, 0.3) is 0 Å². The predicted octanol–water partition coefficient (Wildman–Crippen LogP) is 2.65. The molecule has 0 aliphatic carbocycles. The van der Waals surface area contributed by atoms with Crippen molar-refractivity contribution in [3.8, 4) is 6.07 Å². The van der Waals surface area contributed by atoms with E-state index in [-0.39, 0.29) is 5.91 Å². The van der Waals surface area contributed by atoms with Gasteiger partial charge in [0.15, 0.2) is 0 Å². The van der Waals surface area contributed by atoms with E-state index in [0.717, 1.165) is 31.9 Å². The summed E-state index contributed by atoms with van der Waals surface area (Å²) in [6.07, 6.45) is 1.93. The zero-order valence-corrected chi connectivity index (χ0v) is 15.8. The van der Waals surface area contributed by atoms with Gasteiger partial charge in [-0.05, 0) is 30.7 Å². The number of anilines is 1. The number of rotatable bonds is 7. The minimum Gasteiger partial charge on any atom is -0.467 e. The summed E-state index contributed by atoms with van der Waals surface area (Å²) in [5.74, 6) is 0.789. The molecule has 27 heavy (non-hydrogen) atoms. The second-order valence-corrected chi connectivity index (χ2v) is 6.85. The fraction of sp³-hybridized carbons (Fsp3) is 0.429.